The zero-order chi connectivity index (χ0) is 30.3. The lowest BCUT2D eigenvalue weighted by atomic mass is 9.33. The van der Waals surface area contributed by atoms with E-state index in [4.69, 9.17) is 4.84 Å². The number of hydrogen-bond acceptors (Lipinski definition) is 4. The van der Waals surface area contributed by atoms with Gasteiger partial charge in [0.15, 0.2) is 5.78 Å². The number of carbonyl (C=O) groups is 2. The van der Waals surface area contributed by atoms with Crippen molar-refractivity contribution in [1.82, 2.24) is 5.48 Å². The number of benzene rings is 1. The minimum atomic E-state index is -0.548. The Hall–Kier alpha value is -1.98. The Balaban J connectivity index is 1.30. The number of allylic oxidation sites excluding steroid dienone is 2. The maximum atomic E-state index is 14.5. The van der Waals surface area contributed by atoms with Crippen LogP contribution in [0.25, 0.3) is 0 Å². The Labute approximate surface area is 253 Å². The maximum absolute atomic E-state index is 14.5. The van der Waals surface area contributed by atoms with Gasteiger partial charge in [0.1, 0.15) is 0 Å². The van der Waals surface area contributed by atoms with Crippen molar-refractivity contribution >= 4 is 11.7 Å². The highest BCUT2D eigenvalue weighted by Crippen LogP contribution is 2.75. The fourth-order valence-electron chi connectivity index (χ4n) is 11.3. The summed E-state index contributed by atoms with van der Waals surface area (Å²) in [4.78, 5) is 33.8. The van der Waals surface area contributed by atoms with Crippen LogP contribution in [0.3, 0.4) is 0 Å². The van der Waals surface area contributed by atoms with Crippen molar-refractivity contribution in [2.45, 2.75) is 119 Å². The lowest BCUT2D eigenvalue weighted by Gasteiger charge is -2.70. The molecule has 0 bridgehead atoms. The Bertz CT molecular complexity index is 1290. The molecule has 5 nitrogen and oxygen atoms in total. The first kappa shape index (κ1) is 30.1. The number of hydroxylamine groups is 1. The van der Waals surface area contributed by atoms with Crippen molar-refractivity contribution in [3.63, 3.8) is 0 Å². The largest absolute Gasteiger partial charge is 0.393 e. The van der Waals surface area contributed by atoms with Gasteiger partial charge in [-0.25, -0.2) is 5.48 Å². The molecule has 9 atom stereocenters. The third-order valence-electron chi connectivity index (χ3n) is 14.3. The topological polar surface area (TPSA) is 75.6 Å². The molecule has 42 heavy (non-hydrogen) atoms. The lowest BCUT2D eigenvalue weighted by molar-refractivity contribution is -0.202. The number of hydrogen-bond donors (Lipinski definition) is 2. The van der Waals surface area contributed by atoms with Crippen LogP contribution in [-0.2, 0) is 21.0 Å². The van der Waals surface area contributed by atoms with Crippen molar-refractivity contribution in [1.29, 1.82) is 0 Å². The predicted molar refractivity (Wildman–Crippen MR) is 165 cm³/mol. The van der Waals surface area contributed by atoms with Crippen LogP contribution in [0.1, 0.15) is 112 Å². The van der Waals surface area contributed by atoms with Gasteiger partial charge in [0, 0.05) is 11.3 Å². The van der Waals surface area contributed by atoms with Gasteiger partial charge in [0.2, 0.25) is 5.91 Å². The summed E-state index contributed by atoms with van der Waals surface area (Å²) in [6, 6.07) is 9.90. The van der Waals surface area contributed by atoms with Gasteiger partial charge in [-0.2, -0.15) is 0 Å². The molecule has 5 heteroatoms. The Morgan fingerprint density at radius 2 is 1.62 bits per heavy atom. The van der Waals surface area contributed by atoms with E-state index < -0.39 is 5.41 Å². The molecule has 6 rings (SSSR count). The molecular formula is C37H53NO4. The number of fused-ring (bicyclic) bond motifs is 7. The summed E-state index contributed by atoms with van der Waals surface area (Å²) >= 11 is 0. The Kier molecular flexibility index (Phi) is 6.99. The maximum Gasteiger partial charge on any atom is 0.249 e. The van der Waals surface area contributed by atoms with Crippen molar-refractivity contribution in [3.8, 4) is 0 Å². The number of ketones is 1. The number of aliphatic hydroxyl groups is 1. The minimum Gasteiger partial charge on any atom is -0.393 e. The van der Waals surface area contributed by atoms with E-state index in [1.54, 1.807) is 0 Å². The van der Waals surface area contributed by atoms with Gasteiger partial charge < -0.3 is 5.11 Å². The molecule has 4 saturated carbocycles. The van der Waals surface area contributed by atoms with E-state index in [1.165, 1.54) is 5.57 Å². The van der Waals surface area contributed by atoms with Gasteiger partial charge in [-0.1, -0.05) is 84.4 Å². The monoisotopic (exact) mass is 575 g/mol. The summed E-state index contributed by atoms with van der Waals surface area (Å²) in [5, 5.41) is 11.0. The molecule has 0 unspecified atom stereocenters. The van der Waals surface area contributed by atoms with Crippen molar-refractivity contribution < 1.29 is 19.5 Å². The smallest absolute Gasteiger partial charge is 0.249 e. The highest BCUT2D eigenvalue weighted by molar-refractivity contribution is 5.95. The second-order valence-corrected chi connectivity index (χ2v) is 16.8. The number of rotatable bonds is 4. The van der Waals surface area contributed by atoms with Crippen LogP contribution >= 0.6 is 0 Å². The van der Waals surface area contributed by atoms with E-state index >= 15 is 0 Å². The first-order valence-electron chi connectivity index (χ1n) is 16.5. The molecule has 1 amide bonds. The highest BCUT2D eigenvalue weighted by atomic mass is 16.6. The number of nitrogens with one attached hydrogen (secondary N) is 1. The van der Waals surface area contributed by atoms with Crippen LogP contribution in [0.2, 0.25) is 0 Å². The number of carbonyl (C=O) groups excluding carboxylic acids is 2. The van der Waals surface area contributed by atoms with E-state index in [1.807, 2.05) is 30.3 Å². The molecular weight excluding hydrogens is 522 g/mol. The van der Waals surface area contributed by atoms with Crippen LogP contribution in [0, 0.1) is 50.2 Å². The summed E-state index contributed by atoms with van der Waals surface area (Å²) in [5.41, 5.74) is 4.17. The summed E-state index contributed by atoms with van der Waals surface area (Å²) in [6.45, 7) is 16.5. The Morgan fingerprint density at radius 3 is 2.33 bits per heavy atom. The molecule has 4 fully saturated rings. The molecule has 0 heterocycles. The predicted octanol–water partition coefficient (Wildman–Crippen LogP) is 7.58. The first-order valence-corrected chi connectivity index (χ1v) is 16.5. The summed E-state index contributed by atoms with van der Waals surface area (Å²) in [5.74, 6) is 0.762. The van der Waals surface area contributed by atoms with Gasteiger partial charge >= 0.3 is 0 Å². The molecule has 5 aliphatic rings. The average molecular weight is 576 g/mol. The molecule has 0 radical (unpaired) electrons. The highest BCUT2D eigenvalue weighted by Gasteiger charge is 2.70. The van der Waals surface area contributed by atoms with E-state index in [0.717, 1.165) is 63.4 Å². The molecule has 1 aromatic carbocycles. The van der Waals surface area contributed by atoms with Crippen LogP contribution in [0.15, 0.2) is 42.0 Å². The molecule has 230 valence electrons. The van der Waals surface area contributed by atoms with E-state index in [9.17, 15) is 14.7 Å². The van der Waals surface area contributed by atoms with E-state index in [-0.39, 0.29) is 50.9 Å². The number of amides is 1. The van der Waals surface area contributed by atoms with E-state index in [2.05, 4.69) is 60.0 Å². The van der Waals surface area contributed by atoms with Crippen LogP contribution in [0.4, 0.5) is 0 Å². The summed E-state index contributed by atoms with van der Waals surface area (Å²) in [7, 11) is 0. The zero-order valence-electron chi connectivity index (χ0n) is 27.0. The molecule has 2 N–H and O–H groups in total. The van der Waals surface area contributed by atoms with Crippen LogP contribution in [0.5, 0.6) is 0 Å². The van der Waals surface area contributed by atoms with E-state index in [0.29, 0.717) is 18.3 Å². The van der Waals surface area contributed by atoms with Gasteiger partial charge in [-0.05, 0) is 108 Å². The normalized spacial score (nSPS) is 45.9. The molecule has 0 aromatic heterocycles. The van der Waals surface area contributed by atoms with Crippen LogP contribution in [-0.4, -0.2) is 22.9 Å². The molecule has 5 aliphatic carbocycles. The van der Waals surface area contributed by atoms with Crippen molar-refractivity contribution in [2.75, 3.05) is 0 Å². The fourth-order valence-corrected chi connectivity index (χ4v) is 11.3. The average Bonchev–Trinajstić information content (AvgIpc) is 2.93. The van der Waals surface area contributed by atoms with Crippen LogP contribution < -0.4 is 5.48 Å². The molecule has 0 aliphatic heterocycles. The summed E-state index contributed by atoms with van der Waals surface area (Å²) in [6.07, 6.45) is 10.3. The third kappa shape index (κ3) is 4.15. The Morgan fingerprint density at radius 1 is 0.929 bits per heavy atom. The molecule has 1 aromatic rings. The van der Waals surface area contributed by atoms with Crippen molar-refractivity contribution in [3.05, 3.63) is 47.5 Å². The minimum absolute atomic E-state index is 0.0294. The molecule has 0 spiro atoms. The fraction of sp³-hybridized carbons (Fsp3) is 0.730. The summed E-state index contributed by atoms with van der Waals surface area (Å²) < 4.78 is 0. The number of aliphatic hydroxyl groups excluding tert-OH is 1. The quantitative estimate of drug-likeness (QED) is 0.363. The lowest BCUT2D eigenvalue weighted by Crippen LogP contribution is -2.66. The van der Waals surface area contributed by atoms with Gasteiger partial charge in [-0.15, -0.1) is 0 Å². The standard InChI is InChI=1S/C37H53NO4/c1-32(2)28-13-16-37(7)30(35(28,5)15-14-29(32)40)27(39)21-25-26-22-34(4,18-17-33(26,3)19-20-36(25,37)6)31(41)38-42-23-24-11-9-8-10-12-24/h8-12,21,26,28-30,40H,13-20,22-23H2,1-7H3,(H,38,41)/t26-,28-,29-,30+,33+,34-,35-,36+,37+/m0/s1. The second-order valence-electron chi connectivity index (χ2n) is 16.8. The van der Waals surface area contributed by atoms with Crippen molar-refractivity contribution in [2.24, 2.45) is 50.2 Å². The third-order valence-corrected chi connectivity index (χ3v) is 14.3. The second kappa shape index (κ2) is 9.76. The van der Waals surface area contributed by atoms with Gasteiger partial charge in [-0.3, -0.25) is 14.4 Å². The SMILES string of the molecule is CC1(C)[C@@H](O)CC[C@]2(C)[C@H]3C(=O)C=C4[C@@H]5C[C@@](C)(C(=O)NOCc6ccccc6)CC[C@]5(C)CC[C@@]4(C)[C@]3(C)CC[C@@H]12. The first-order chi connectivity index (χ1) is 19.6. The van der Waals surface area contributed by atoms with Gasteiger partial charge in [0.25, 0.3) is 0 Å². The molecule has 0 saturated heterocycles. The zero-order valence-corrected chi connectivity index (χ0v) is 27.0. The van der Waals surface area contributed by atoms with Gasteiger partial charge in [0.05, 0.1) is 12.7 Å².